The van der Waals surface area contributed by atoms with Gasteiger partial charge in [-0.05, 0) is 71.1 Å². The van der Waals surface area contributed by atoms with E-state index >= 15 is 0 Å². The summed E-state index contributed by atoms with van der Waals surface area (Å²) in [4.78, 5) is 24.3. The second-order valence-corrected chi connectivity index (χ2v) is 9.91. The number of carbonyl (C=O) groups is 1. The fourth-order valence-electron chi connectivity index (χ4n) is 4.43. The molecular weight excluding hydrogens is 516 g/mol. The number of benzene rings is 1. The van der Waals surface area contributed by atoms with Gasteiger partial charge in [-0.2, -0.15) is 9.61 Å². The number of nitrogens with zero attached hydrogens (tertiary/aromatic N) is 5. The number of hydrogen-bond acceptors (Lipinski definition) is 5. The maximum absolute atomic E-state index is 13.2. The maximum atomic E-state index is 13.2. The number of aromatic nitrogens is 4. The van der Waals surface area contributed by atoms with Crippen molar-refractivity contribution in [3.05, 3.63) is 86.9 Å². The van der Waals surface area contributed by atoms with E-state index in [1.807, 2.05) is 48.4 Å². The molecule has 0 bridgehead atoms. The second-order valence-electron chi connectivity index (χ2n) is 8.62. The van der Waals surface area contributed by atoms with Crippen LogP contribution in [0.3, 0.4) is 0 Å². The van der Waals surface area contributed by atoms with E-state index < -0.39 is 0 Å². The summed E-state index contributed by atoms with van der Waals surface area (Å²) in [5, 5.41) is 8.52. The molecule has 1 aliphatic heterocycles. The lowest BCUT2D eigenvalue weighted by Gasteiger charge is -2.33. The monoisotopic (exact) mass is 538 g/mol. The molecule has 0 saturated carbocycles. The van der Waals surface area contributed by atoms with Crippen molar-refractivity contribution in [2.24, 2.45) is 0 Å². The summed E-state index contributed by atoms with van der Waals surface area (Å²) in [5.41, 5.74) is 4.38. The number of pyridine rings is 1. The van der Waals surface area contributed by atoms with Crippen LogP contribution in [0.1, 0.15) is 45.9 Å². The van der Waals surface area contributed by atoms with Crippen LogP contribution in [0.2, 0.25) is 5.02 Å². The summed E-state index contributed by atoms with van der Waals surface area (Å²) in [7, 11) is 0. The minimum atomic E-state index is 0.0110. The summed E-state index contributed by atoms with van der Waals surface area (Å²) in [5.74, 6) is 0.990. The Hall–Kier alpha value is -2.97. The molecule has 1 atom stereocenters. The lowest BCUT2D eigenvalue weighted by Crippen LogP contribution is -2.39. The molecule has 4 aromatic rings. The Bertz CT molecular complexity index is 1320. The molecule has 174 valence electrons. The van der Waals surface area contributed by atoms with Crippen molar-refractivity contribution < 1.29 is 4.79 Å². The molecule has 1 fully saturated rings. The Morgan fingerprint density at radius 1 is 1.26 bits per heavy atom. The van der Waals surface area contributed by atoms with Gasteiger partial charge in [0, 0.05) is 54.6 Å². The van der Waals surface area contributed by atoms with E-state index in [2.05, 4.69) is 31.3 Å². The Labute approximate surface area is 211 Å². The van der Waals surface area contributed by atoms with Crippen LogP contribution < -0.4 is 5.32 Å². The lowest BCUT2D eigenvalue weighted by molar-refractivity contribution is 0.0706. The molecule has 0 radical (unpaired) electrons. The van der Waals surface area contributed by atoms with Gasteiger partial charge in [-0.3, -0.25) is 9.78 Å². The van der Waals surface area contributed by atoms with Crippen molar-refractivity contribution >= 4 is 44.9 Å². The molecule has 1 unspecified atom stereocenters. The minimum absolute atomic E-state index is 0.0110. The van der Waals surface area contributed by atoms with Gasteiger partial charge in [0.05, 0.1) is 16.4 Å². The average molecular weight is 540 g/mol. The number of halogens is 2. The van der Waals surface area contributed by atoms with Crippen LogP contribution in [-0.2, 0) is 6.54 Å². The lowest BCUT2D eigenvalue weighted by atomic mass is 9.93. The molecule has 4 heterocycles. The van der Waals surface area contributed by atoms with Gasteiger partial charge in [0.2, 0.25) is 0 Å². The number of anilines is 1. The zero-order valence-electron chi connectivity index (χ0n) is 18.7. The molecule has 7 nitrogen and oxygen atoms in total. The standard InChI is InChI=1S/C25H24BrClN6O/c1-16-8-19(10-20(27)9-16)25(34)32-7-3-5-18(15-32)22-11-23(29-13-17-4-2-6-28-12-17)33-24(31-22)21(26)14-30-33/h2,4,6,8-12,14,18,29H,3,5,7,13,15H2,1H3. The van der Waals surface area contributed by atoms with Gasteiger partial charge in [0.15, 0.2) is 5.65 Å². The first-order chi connectivity index (χ1) is 16.5. The van der Waals surface area contributed by atoms with Crippen LogP contribution in [0.4, 0.5) is 5.82 Å². The smallest absolute Gasteiger partial charge is 0.253 e. The van der Waals surface area contributed by atoms with Gasteiger partial charge >= 0.3 is 0 Å². The van der Waals surface area contributed by atoms with Crippen LogP contribution in [0.25, 0.3) is 5.65 Å². The third-order valence-corrected chi connectivity index (χ3v) is 6.84. The normalized spacial score (nSPS) is 16.1. The van der Waals surface area contributed by atoms with E-state index in [9.17, 15) is 4.79 Å². The van der Waals surface area contributed by atoms with Gasteiger partial charge in [-0.15, -0.1) is 0 Å². The molecule has 5 rings (SSSR count). The first-order valence-electron chi connectivity index (χ1n) is 11.2. The third-order valence-electron chi connectivity index (χ3n) is 6.06. The highest BCUT2D eigenvalue weighted by Gasteiger charge is 2.27. The molecule has 3 aromatic heterocycles. The summed E-state index contributed by atoms with van der Waals surface area (Å²) >= 11 is 9.78. The number of amides is 1. The molecule has 1 amide bonds. The second kappa shape index (κ2) is 9.72. The highest BCUT2D eigenvalue weighted by Crippen LogP contribution is 2.31. The van der Waals surface area contributed by atoms with Crippen molar-refractivity contribution in [1.82, 2.24) is 24.5 Å². The van der Waals surface area contributed by atoms with Crippen molar-refractivity contribution in [3.63, 3.8) is 0 Å². The Balaban J connectivity index is 1.41. The minimum Gasteiger partial charge on any atom is -0.366 e. The summed E-state index contributed by atoms with van der Waals surface area (Å²) < 4.78 is 2.63. The molecule has 0 spiro atoms. The Kier molecular flexibility index (Phi) is 6.52. The largest absolute Gasteiger partial charge is 0.366 e. The van der Waals surface area contributed by atoms with Gasteiger partial charge in [-0.1, -0.05) is 17.7 Å². The van der Waals surface area contributed by atoms with Crippen LogP contribution in [-0.4, -0.2) is 43.5 Å². The van der Waals surface area contributed by atoms with Crippen molar-refractivity contribution in [1.29, 1.82) is 0 Å². The van der Waals surface area contributed by atoms with Crippen LogP contribution >= 0.6 is 27.5 Å². The van der Waals surface area contributed by atoms with Crippen LogP contribution in [0.5, 0.6) is 0 Å². The SMILES string of the molecule is Cc1cc(Cl)cc(C(=O)N2CCCC(c3cc(NCc4cccnc4)n4ncc(Br)c4n3)C2)c1. The number of rotatable bonds is 5. The highest BCUT2D eigenvalue weighted by molar-refractivity contribution is 9.10. The highest BCUT2D eigenvalue weighted by atomic mass is 79.9. The zero-order valence-corrected chi connectivity index (χ0v) is 21.1. The van der Waals surface area contributed by atoms with Gasteiger partial charge in [-0.25, -0.2) is 4.98 Å². The predicted octanol–water partition coefficient (Wildman–Crippen LogP) is 5.48. The van der Waals surface area contributed by atoms with Crippen LogP contribution in [0.15, 0.2) is 59.5 Å². The third kappa shape index (κ3) is 4.79. The number of aryl methyl sites for hydroxylation is 1. The molecule has 1 aliphatic rings. The fraction of sp³-hybridized carbons (Fsp3) is 0.280. The molecule has 0 aliphatic carbocycles. The van der Waals surface area contributed by atoms with E-state index in [1.54, 1.807) is 23.0 Å². The zero-order chi connectivity index (χ0) is 23.7. The maximum Gasteiger partial charge on any atom is 0.253 e. The summed E-state index contributed by atoms with van der Waals surface area (Å²) in [6, 6.07) is 11.5. The van der Waals surface area contributed by atoms with Gasteiger partial charge in [0.1, 0.15) is 5.82 Å². The molecule has 34 heavy (non-hydrogen) atoms. The molecule has 9 heteroatoms. The van der Waals surface area contributed by atoms with E-state index in [1.165, 1.54) is 0 Å². The summed E-state index contributed by atoms with van der Waals surface area (Å²) in [6.45, 7) is 3.91. The summed E-state index contributed by atoms with van der Waals surface area (Å²) in [6.07, 6.45) is 7.24. The van der Waals surface area contributed by atoms with E-state index in [4.69, 9.17) is 16.6 Å². The van der Waals surface area contributed by atoms with Crippen molar-refractivity contribution in [2.75, 3.05) is 18.4 Å². The predicted molar refractivity (Wildman–Crippen MR) is 136 cm³/mol. The number of nitrogens with one attached hydrogen (secondary N) is 1. The van der Waals surface area contributed by atoms with Gasteiger partial charge < -0.3 is 10.2 Å². The first kappa shape index (κ1) is 22.8. The van der Waals surface area contributed by atoms with Crippen molar-refractivity contribution in [2.45, 2.75) is 32.2 Å². The average Bonchev–Trinajstić information content (AvgIpc) is 3.23. The number of hydrogen-bond donors (Lipinski definition) is 1. The Morgan fingerprint density at radius 3 is 2.94 bits per heavy atom. The van der Waals surface area contributed by atoms with E-state index in [-0.39, 0.29) is 11.8 Å². The fourth-order valence-corrected chi connectivity index (χ4v) is 5.07. The number of piperidine rings is 1. The quantitative estimate of drug-likeness (QED) is 0.363. The topological polar surface area (TPSA) is 75.4 Å². The van der Waals surface area contributed by atoms with Gasteiger partial charge in [0.25, 0.3) is 5.91 Å². The van der Waals surface area contributed by atoms with Crippen LogP contribution in [0, 0.1) is 6.92 Å². The van der Waals surface area contributed by atoms with Crippen molar-refractivity contribution in [3.8, 4) is 0 Å². The first-order valence-corrected chi connectivity index (χ1v) is 12.4. The van der Waals surface area contributed by atoms with E-state index in [0.29, 0.717) is 23.7 Å². The Morgan fingerprint density at radius 2 is 2.15 bits per heavy atom. The molecule has 1 saturated heterocycles. The molecule has 1 N–H and O–H groups in total. The molecule has 1 aromatic carbocycles. The number of likely N-dealkylation sites (tertiary alicyclic amines) is 1. The number of carbonyl (C=O) groups excluding carboxylic acids is 1. The van der Waals surface area contributed by atoms with E-state index in [0.717, 1.165) is 52.1 Å². The number of fused-ring (bicyclic) bond motifs is 1. The molecular formula is C25H24BrClN6O.